The first-order chi connectivity index (χ1) is 9.78. The van der Waals surface area contributed by atoms with Gasteiger partial charge in [-0.15, -0.1) is 0 Å². The summed E-state index contributed by atoms with van der Waals surface area (Å²) in [6.07, 6.45) is 3.00. The van der Waals surface area contributed by atoms with E-state index >= 15 is 0 Å². The number of hydrogen-bond donors (Lipinski definition) is 1. The Kier molecular flexibility index (Phi) is 4.38. The van der Waals surface area contributed by atoms with Gasteiger partial charge in [0.25, 0.3) is 0 Å². The lowest BCUT2D eigenvalue weighted by Gasteiger charge is -2.32. The van der Waals surface area contributed by atoms with Crippen LogP contribution in [0.3, 0.4) is 0 Å². The standard InChI is InChI=1S/C13H20BrN5O/c1-15-13-16-8-11(14)12(17-13)19-3-2-10(9-19)18-4-6-20-7-5-18/h8,10H,2-7,9H2,1H3,(H,15,16,17). The predicted molar refractivity (Wildman–Crippen MR) is 82.3 cm³/mol. The summed E-state index contributed by atoms with van der Waals surface area (Å²) in [6, 6.07) is 0.610. The second kappa shape index (κ2) is 6.24. The lowest BCUT2D eigenvalue weighted by molar-refractivity contribution is 0.0209. The van der Waals surface area contributed by atoms with Crippen LogP contribution in [-0.2, 0) is 4.74 Å². The Morgan fingerprint density at radius 1 is 1.35 bits per heavy atom. The second-order valence-corrected chi connectivity index (χ2v) is 6.01. The fourth-order valence-corrected chi connectivity index (χ4v) is 3.32. The zero-order valence-electron chi connectivity index (χ0n) is 11.7. The van der Waals surface area contributed by atoms with Gasteiger partial charge in [-0.1, -0.05) is 0 Å². The minimum atomic E-state index is 0.610. The van der Waals surface area contributed by atoms with Gasteiger partial charge in [0.2, 0.25) is 5.95 Å². The molecule has 2 saturated heterocycles. The minimum absolute atomic E-state index is 0.610. The number of rotatable bonds is 3. The molecule has 2 aliphatic rings. The summed E-state index contributed by atoms with van der Waals surface area (Å²) in [5.74, 6) is 1.65. The highest BCUT2D eigenvalue weighted by molar-refractivity contribution is 9.10. The molecule has 2 aliphatic heterocycles. The maximum absolute atomic E-state index is 5.43. The van der Waals surface area contributed by atoms with Crippen LogP contribution in [0.2, 0.25) is 0 Å². The molecule has 0 amide bonds. The molecule has 1 N–H and O–H groups in total. The van der Waals surface area contributed by atoms with Crippen LogP contribution in [-0.4, -0.2) is 67.4 Å². The Morgan fingerprint density at radius 3 is 2.90 bits per heavy atom. The van der Waals surface area contributed by atoms with Crippen LogP contribution in [0.25, 0.3) is 0 Å². The molecular formula is C13H20BrN5O. The molecule has 110 valence electrons. The topological polar surface area (TPSA) is 53.5 Å². The molecule has 0 radical (unpaired) electrons. The highest BCUT2D eigenvalue weighted by atomic mass is 79.9. The predicted octanol–water partition coefficient (Wildman–Crippen LogP) is 1.19. The average molecular weight is 342 g/mol. The van der Waals surface area contributed by atoms with Crippen LogP contribution in [0.1, 0.15) is 6.42 Å². The number of morpholine rings is 1. The van der Waals surface area contributed by atoms with Gasteiger partial charge >= 0.3 is 0 Å². The molecular weight excluding hydrogens is 322 g/mol. The molecule has 6 nitrogen and oxygen atoms in total. The van der Waals surface area contributed by atoms with E-state index in [9.17, 15) is 0 Å². The van der Waals surface area contributed by atoms with Gasteiger partial charge in [0.1, 0.15) is 5.82 Å². The Morgan fingerprint density at radius 2 is 2.15 bits per heavy atom. The van der Waals surface area contributed by atoms with Crippen LogP contribution in [0.15, 0.2) is 10.7 Å². The highest BCUT2D eigenvalue weighted by Gasteiger charge is 2.30. The van der Waals surface area contributed by atoms with Crippen LogP contribution >= 0.6 is 15.9 Å². The molecule has 3 rings (SSSR count). The first kappa shape index (κ1) is 14.0. The van der Waals surface area contributed by atoms with E-state index < -0.39 is 0 Å². The second-order valence-electron chi connectivity index (χ2n) is 5.15. The van der Waals surface area contributed by atoms with Gasteiger partial charge in [0.05, 0.1) is 17.7 Å². The van der Waals surface area contributed by atoms with E-state index in [2.05, 4.69) is 41.0 Å². The zero-order chi connectivity index (χ0) is 13.9. The maximum Gasteiger partial charge on any atom is 0.224 e. The van der Waals surface area contributed by atoms with E-state index in [-0.39, 0.29) is 0 Å². The Labute approximate surface area is 127 Å². The molecule has 0 bridgehead atoms. The van der Waals surface area contributed by atoms with E-state index in [1.807, 2.05) is 13.2 Å². The summed E-state index contributed by atoms with van der Waals surface area (Å²) < 4.78 is 6.39. The number of nitrogens with zero attached hydrogens (tertiary/aromatic N) is 4. The summed E-state index contributed by atoms with van der Waals surface area (Å²) in [5, 5.41) is 3.00. The average Bonchev–Trinajstić information content (AvgIpc) is 2.98. The highest BCUT2D eigenvalue weighted by Crippen LogP contribution is 2.28. The molecule has 0 spiro atoms. The summed E-state index contributed by atoms with van der Waals surface area (Å²) in [6.45, 7) is 5.88. The zero-order valence-corrected chi connectivity index (χ0v) is 13.3. The largest absolute Gasteiger partial charge is 0.379 e. The smallest absolute Gasteiger partial charge is 0.224 e. The third-order valence-electron chi connectivity index (χ3n) is 3.97. The van der Waals surface area contributed by atoms with Crippen molar-refractivity contribution in [1.82, 2.24) is 14.9 Å². The number of hydrogen-bond acceptors (Lipinski definition) is 6. The minimum Gasteiger partial charge on any atom is -0.379 e. The normalized spacial score (nSPS) is 24.1. The first-order valence-corrected chi connectivity index (χ1v) is 7.84. The SMILES string of the molecule is CNc1ncc(Br)c(N2CCC(N3CCOCC3)C2)n1. The molecule has 1 unspecified atom stereocenters. The lowest BCUT2D eigenvalue weighted by atomic mass is 10.2. The summed E-state index contributed by atoms with van der Waals surface area (Å²) >= 11 is 3.56. The van der Waals surface area contributed by atoms with E-state index in [0.29, 0.717) is 12.0 Å². The van der Waals surface area contributed by atoms with Crippen molar-refractivity contribution in [2.24, 2.45) is 0 Å². The van der Waals surface area contributed by atoms with Crippen LogP contribution in [0.4, 0.5) is 11.8 Å². The van der Waals surface area contributed by atoms with E-state index in [4.69, 9.17) is 4.74 Å². The van der Waals surface area contributed by atoms with Crippen LogP contribution in [0.5, 0.6) is 0 Å². The summed E-state index contributed by atoms with van der Waals surface area (Å²) in [4.78, 5) is 13.7. The molecule has 1 aromatic rings. The van der Waals surface area contributed by atoms with Crippen LogP contribution < -0.4 is 10.2 Å². The third-order valence-corrected chi connectivity index (χ3v) is 4.53. The monoisotopic (exact) mass is 341 g/mol. The number of ether oxygens (including phenoxy) is 1. The van der Waals surface area contributed by atoms with Gasteiger partial charge in [-0.2, -0.15) is 4.98 Å². The van der Waals surface area contributed by atoms with Crippen LogP contribution in [0, 0.1) is 0 Å². The maximum atomic E-state index is 5.43. The number of halogens is 1. The fraction of sp³-hybridized carbons (Fsp3) is 0.692. The molecule has 0 aromatic carbocycles. The Bertz CT molecular complexity index is 466. The van der Waals surface area contributed by atoms with Gasteiger partial charge in [-0.25, -0.2) is 4.98 Å². The molecule has 3 heterocycles. The molecule has 1 aromatic heterocycles. The van der Waals surface area contributed by atoms with E-state index in [1.54, 1.807) is 0 Å². The Balaban J connectivity index is 1.70. The number of anilines is 2. The van der Waals surface area contributed by atoms with Gasteiger partial charge in [-0.05, 0) is 22.4 Å². The van der Waals surface area contributed by atoms with E-state index in [0.717, 1.165) is 49.7 Å². The molecule has 7 heteroatoms. The van der Waals surface area contributed by atoms with Crippen molar-refractivity contribution < 1.29 is 4.74 Å². The Hall–Kier alpha value is -0.920. The van der Waals surface area contributed by atoms with Gasteiger partial charge in [0.15, 0.2) is 0 Å². The summed E-state index contributed by atoms with van der Waals surface area (Å²) in [7, 11) is 1.84. The molecule has 20 heavy (non-hydrogen) atoms. The number of aromatic nitrogens is 2. The fourth-order valence-electron chi connectivity index (χ4n) is 2.88. The van der Waals surface area contributed by atoms with Crippen molar-refractivity contribution in [3.63, 3.8) is 0 Å². The lowest BCUT2D eigenvalue weighted by Crippen LogP contribution is -2.44. The van der Waals surface area contributed by atoms with Crippen molar-refractivity contribution in [1.29, 1.82) is 0 Å². The van der Waals surface area contributed by atoms with Gasteiger partial charge < -0.3 is 15.0 Å². The van der Waals surface area contributed by atoms with Gasteiger partial charge in [0, 0.05) is 45.5 Å². The van der Waals surface area contributed by atoms with Crippen molar-refractivity contribution >= 4 is 27.7 Å². The van der Waals surface area contributed by atoms with E-state index in [1.165, 1.54) is 6.42 Å². The van der Waals surface area contributed by atoms with Gasteiger partial charge in [-0.3, -0.25) is 4.90 Å². The first-order valence-electron chi connectivity index (χ1n) is 7.05. The number of nitrogens with one attached hydrogen (secondary N) is 1. The molecule has 1 atom stereocenters. The molecule has 2 fully saturated rings. The molecule has 0 aliphatic carbocycles. The molecule has 0 saturated carbocycles. The van der Waals surface area contributed by atoms with Crippen molar-refractivity contribution in [3.05, 3.63) is 10.7 Å². The van der Waals surface area contributed by atoms with Crippen molar-refractivity contribution in [3.8, 4) is 0 Å². The third kappa shape index (κ3) is 2.89. The van der Waals surface area contributed by atoms with Crippen molar-refractivity contribution in [2.45, 2.75) is 12.5 Å². The van der Waals surface area contributed by atoms with Crippen molar-refractivity contribution in [2.75, 3.05) is 56.7 Å². The summed E-state index contributed by atoms with van der Waals surface area (Å²) in [5.41, 5.74) is 0. The quantitative estimate of drug-likeness (QED) is 0.891.